The SMILES string of the molecule is COC(=O)[C@]1(O)C[C@H](O)[C@@H](NC(C)=O)[C@H]([C@H](OC(C)=O)[C@H](O)CO)O1. The maximum Gasteiger partial charge on any atom is 0.366 e. The lowest BCUT2D eigenvalue weighted by atomic mass is 9.88. The Morgan fingerprint density at radius 2 is 1.96 bits per heavy atom. The highest BCUT2D eigenvalue weighted by atomic mass is 16.7. The Labute approximate surface area is 143 Å². The number of esters is 2. The van der Waals surface area contributed by atoms with Gasteiger partial charge in [0, 0.05) is 20.3 Å². The minimum atomic E-state index is -2.60. The van der Waals surface area contributed by atoms with Crippen LogP contribution in [0.15, 0.2) is 0 Å². The number of hydrogen-bond donors (Lipinski definition) is 5. The predicted octanol–water partition coefficient (Wildman–Crippen LogP) is -3.21. The fourth-order valence-electron chi connectivity index (χ4n) is 2.61. The number of methoxy groups -OCH3 is 1. The molecule has 144 valence electrons. The molecular weight excluding hydrogens is 342 g/mol. The van der Waals surface area contributed by atoms with Gasteiger partial charge in [-0.2, -0.15) is 0 Å². The van der Waals surface area contributed by atoms with Crippen molar-refractivity contribution in [1.29, 1.82) is 0 Å². The lowest BCUT2D eigenvalue weighted by molar-refractivity contribution is -0.297. The molecule has 0 aromatic carbocycles. The predicted molar refractivity (Wildman–Crippen MR) is 78.7 cm³/mol. The number of ether oxygens (including phenoxy) is 3. The monoisotopic (exact) mass is 365 g/mol. The number of nitrogens with one attached hydrogen (secondary N) is 1. The standard InChI is InChI=1S/C14H23NO10/c1-6(17)15-10-8(19)4-14(22,13(21)23-3)25-12(10)11(9(20)5-16)24-7(2)18/h8-12,16,19-20,22H,4-5H2,1-3H3,(H,15,17)/t8-,9+,10+,11+,12+,14-/m0/s1. The van der Waals surface area contributed by atoms with E-state index in [2.05, 4.69) is 10.1 Å². The van der Waals surface area contributed by atoms with Crippen LogP contribution in [0.3, 0.4) is 0 Å². The van der Waals surface area contributed by atoms with Crippen molar-refractivity contribution in [3.63, 3.8) is 0 Å². The largest absolute Gasteiger partial charge is 0.465 e. The Balaban J connectivity index is 3.27. The van der Waals surface area contributed by atoms with Gasteiger partial charge in [0.15, 0.2) is 6.10 Å². The third kappa shape index (κ3) is 5.09. The van der Waals surface area contributed by atoms with Crippen LogP contribution in [0.1, 0.15) is 20.3 Å². The van der Waals surface area contributed by atoms with Crippen molar-refractivity contribution < 1.29 is 49.0 Å². The molecule has 0 aromatic heterocycles. The second-order valence-electron chi connectivity index (χ2n) is 5.68. The Kier molecular flexibility index (Phi) is 7.26. The summed E-state index contributed by atoms with van der Waals surface area (Å²) in [5.74, 6) is -5.26. The van der Waals surface area contributed by atoms with Crippen molar-refractivity contribution in [2.75, 3.05) is 13.7 Å². The molecule has 1 fully saturated rings. The molecule has 0 aromatic rings. The molecule has 1 rings (SSSR count). The van der Waals surface area contributed by atoms with Crippen LogP contribution in [0, 0.1) is 0 Å². The number of hydrogen-bond acceptors (Lipinski definition) is 10. The van der Waals surface area contributed by atoms with Crippen molar-refractivity contribution in [3.8, 4) is 0 Å². The average molecular weight is 365 g/mol. The highest BCUT2D eigenvalue weighted by molar-refractivity contribution is 5.78. The Bertz CT molecular complexity index is 512. The zero-order chi connectivity index (χ0) is 19.4. The summed E-state index contributed by atoms with van der Waals surface area (Å²) in [6, 6.07) is -1.24. The fraction of sp³-hybridized carbons (Fsp3) is 0.786. The fourth-order valence-corrected chi connectivity index (χ4v) is 2.61. The number of aliphatic hydroxyl groups excluding tert-OH is 3. The van der Waals surface area contributed by atoms with Crippen LogP contribution in [0.5, 0.6) is 0 Å². The lowest BCUT2D eigenvalue weighted by Gasteiger charge is -2.45. The van der Waals surface area contributed by atoms with E-state index in [1.54, 1.807) is 0 Å². The van der Waals surface area contributed by atoms with Crippen molar-refractivity contribution in [2.24, 2.45) is 0 Å². The molecule has 1 aliphatic heterocycles. The highest BCUT2D eigenvalue weighted by Gasteiger charge is 2.55. The van der Waals surface area contributed by atoms with Gasteiger partial charge in [-0.3, -0.25) is 9.59 Å². The molecule has 11 nitrogen and oxygen atoms in total. The van der Waals surface area contributed by atoms with E-state index in [0.29, 0.717) is 0 Å². The van der Waals surface area contributed by atoms with E-state index in [4.69, 9.17) is 14.6 Å². The summed E-state index contributed by atoms with van der Waals surface area (Å²) < 4.78 is 14.6. The average Bonchev–Trinajstić information content (AvgIpc) is 2.53. The molecule has 1 heterocycles. The van der Waals surface area contributed by atoms with Gasteiger partial charge in [0.25, 0.3) is 5.79 Å². The highest BCUT2D eigenvalue weighted by Crippen LogP contribution is 2.32. The van der Waals surface area contributed by atoms with Crippen LogP contribution in [-0.4, -0.2) is 88.2 Å². The second-order valence-corrected chi connectivity index (χ2v) is 5.68. The molecule has 6 atom stereocenters. The number of amides is 1. The van der Waals surface area contributed by atoms with Gasteiger partial charge in [0.2, 0.25) is 5.91 Å². The van der Waals surface area contributed by atoms with Crippen molar-refractivity contribution in [1.82, 2.24) is 5.32 Å². The van der Waals surface area contributed by atoms with Crippen LogP contribution in [0.4, 0.5) is 0 Å². The molecule has 0 spiro atoms. The quantitative estimate of drug-likeness (QED) is 0.302. The Morgan fingerprint density at radius 3 is 2.40 bits per heavy atom. The first-order valence-corrected chi connectivity index (χ1v) is 7.45. The van der Waals surface area contributed by atoms with E-state index in [1.165, 1.54) is 0 Å². The first-order chi connectivity index (χ1) is 11.6. The topological polar surface area (TPSA) is 172 Å². The van der Waals surface area contributed by atoms with Crippen LogP contribution >= 0.6 is 0 Å². The molecule has 0 bridgehead atoms. The summed E-state index contributed by atoms with van der Waals surface area (Å²) in [5.41, 5.74) is 0. The van der Waals surface area contributed by atoms with Gasteiger partial charge in [-0.05, 0) is 0 Å². The van der Waals surface area contributed by atoms with Gasteiger partial charge in [-0.25, -0.2) is 4.79 Å². The van der Waals surface area contributed by atoms with Gasteiger partial charge >= 0.3 is 11.9 Å². The van der Waals surface area contributed by atoms with Crippen molar-refractivity contribution in [3.05, 3.63) is 0 Å². The molecule has 11 heteroatoms. The molecule has 0 unspecified atom stereocenters. The van der Waals surface area contributed by atoms with E-state index < -0.39 is 67.1 Å². The first-order valence-electron chi connectivity index (χ1n) is 7.45. The summed E-state index contributed by atoms with van der Waals surface area (Å²) in [5, 5.41) is 42.0. The van der Waals surface area contributed by atoms with E-state index in [9.17, 15) is 29.7 Å². The van der Waals surface area contributed by atoms with Crippen molar-refractivity contribution >= 4 is 17.8 Å². The van der Waals surface area contributed by atoms with Crippen molar-refractivity contribution in [2.45, 2.75) is 56.5 Å². The molecule has 1 saturated heterocycles. The van der Waals surface area contributed by atoms with Crippen LogP contribution in [0.25, 0.3) is 0 Å². The molecule has 0 radical (unpaired) electrons. The minimum Gasteiger partial charge on any atom is -0.465 e. The number of carbonyl (C=O) groups is 3. The Morgan fingerprint density at radius 1 is 1.36 bits per heavy atom. The second kappa shape index (κ2) is 8.54. The maximum atomic E-state index is 11.8. The van der Waals surface area contributed by atoms with E-state index >= 15 is 0 Å². The van der Waals surface area contributed by atoms with Gasteiger partial charge in [-0.1, -0.05) is 0 Å². The molecule has 1 amide bonds. The van der Waals surface area contributed by atoms with Gasteiger partial charge < -0.3 is 40.0 Å². The summed E-state index contributed by atoms with van der Waals surface area (Å²) in [6.07, 6.45) is -6.95. The molecule has 1 aliphatic rings. The summed E-state index contributed by atoms with van der Waals surface area (Å²) in [6.45, 7) is 1.32. The third-order valence-electron chi connectivity index (χ3n) is 3.65. The zero-order valence-corrected chi connectivity index (χ0v) is 14.0. The van der Waals surface area contributed by atoms with E-state index in [0.717, 1.165) is 21.0 Å². The van der Waals surface area contributed by atoms with Gasteiger partial charge in [0.05, 0.1) is 25.9 Å². The molecule has 25 heavy (non-hydrogen) atoms. The van der Waals surface area contributed by atoms with Crippen LogP contribution in [-0.2, 0) is 28.6 Å². The smallest absolute Gasteiger partial charge is 0.366 e. The number of carbonyl (C=O) groups excluding carboxylic acids is 3. The minimum absolute atomic E-state index is 0.582. The van der Waals surface area contributed by atoms with E-state index in [-0.39, 0.29) is 0 Å². The van der Waals surface area contributed by atoms with Crippen LogP contribution in [0.2, 0.25) is 0 Å². The summed E-state index contributed by atoms with van der Waals surface area (Å²) in [7, 11) is 0.983. The molecule has 5 N–H and O–H groups in total. The summed E-state index contributed by atoms with van der Waals surface area (Å²) >= 11 is 0. The number of aliphatic hydroxyl groups is 4. The molecular formula is C14H23NO10. The van der Waals surface area contributed by atoms with Gasteiger partial charge in [-0.15, -0.1) is 0 Å². The summed E-state index contributed by atoms with van der Waals surface area (Å²) in [4.78, 5) is 34.5. The lowest BCUT2D eigenvalue weighted by Crippen LogP contribution is -2.67. The zero-order valence-electron chi connectivity index (χ0n) is 14.0. The van der Waals surface area contributed by atoms with E-state index in [1.807, 2.05) is 0 Å². The normalized spacial score (nSPS) is 31.6. The first kappa shape index (κ1) is 21.3. The van der Waals surface area contributed by atoms with Crippen LogP contribution < -0.4 is 5.32 Å². The third-order valence-corrected chi connectivity index (χ3v) is 3.65. The maximum absolute atomic E-state index is 11.8. The van der Waals surface area contributed by atoms with Gasteiger partial charge in [0.1, 0.15) is 12.2 Å². The molecule has 0 aliphatic carbocycles. The molecule has 0 saturated carbocycles. The Hall–Kier alpha value is -1.79. The number of rotatable bonds is 6.